The number of rotatable bonds is 4. The maximum atomic E-state index is 12.7. The number of aryl methyl sites for hydroxylation is 1. The van der Waals surface area contributed by atoms with Gasteiger partial charge in [-0.25, -0.2) is 0 Å². The first-order valence-electron chi connectivity index (χ1n) is 8.22. The summed E-state index contributed by atoms with van der Waals surface area (Å²) in [5, 5.41) is 4.05. The van der Waals surface area contributed by atoms with E-state index >= 15 is 0 Å². The van der Waals surface area contributed by atoms with Crippen LogP contribution in [-0.4, -0.2) is 70.7 Å². The van der Waals surface area contributed by atoms with E-state index < -0.39 is 0 Å². The predicted octanol–water partition coefficient (Wildman–Crippen LogP) is 1.43. The fourth-order valence-electron chi connectivity index (χ4n) is 3.18. The number of carbonyl (C=O) groups excluding carboxylic acids is 1. The minimum absolute atomic E-state index is 0.103. The number of aromatic nitrogens is 2. The van der Waals surface area contributed by atoms with Gasteiger partial charge in [0, 0.05) is 32.8 Å². The normalized spacial score (nSPS) is 23.7. The molecule has 2 aliphatic heterocycles. The molecule has 7 heteroatoms. The Hall–Kier alpha value is -1.05. The molecule has 0 N–H and O–H groups in total. The Morgan fingerprint density at radius 2 is 2.23 bits per heavy atom. The number of ether oxygens (including phenoxy) is 1. The molecule has 0 radical (unpaired) electrons. The summed E-state index contributed by atoms with van der Waals surface area (Å²) in [4.78, 5) is 17.8. The van der Waals surface area contributed by atoms with Crippen molar-refractivity contribution in [2.75, 3.05) is 39.3 Å². The molecule has 3 heterocycles. The molecule has 122 valence electrons. The average Bonchev–Trinajstić information content (AvgIpc) is 3.15. The highest BCUT2D eigenvalue weighted by Gasteiger charge is 2.26. The third-order valence-electron chi connectivity index (χ3n) is 4.45. The minimum Gasteiger partial charge on any atom is -0.377 e. The molecular weight excluding hydrogens is 300 g/mol. The van der Waals surface area contributed by atoms with Gasteiger partial charge in [-0.15, -0.1) is 5.10 Å². The number of amides is 1. The van der Waals surface area contributed by atoms with Crippen molar-refractivity contribution in [3.63, 3.8) is 0 Å². The summed E-state index contributed by atoms with van der Waals surface area (Å²) in [6.07, 6.45) is 4.52. The van der Waals surface area contributed by atoms with Gasteiger partial charge in [0.2, 0.25) is 0 Å². The molecule has 0 saturated carbocycles. The number of hydrogen-bond acceptors (Lipinski definition) is 6. The zero-order chi connectivity index (χ0) is 15.4. The van der Waals surface area contributed by atoms with Gasteiger partial charge in [0.05, 0.1) is 11.8 Å². The molecule has 0 aliphatic carbocycles. The minimum atomic E-state index is 0.103. The van der Waals surface area contributed by atoms with Gasteiger partial charge in [-0.05, 0) is 43.8 Å². The molecule has 22 heavy (non-hydrogen) atoms. The zero-order valence-corrected chi connectivity index (χ0v) is 14.0. The van der Waals surface area contributed by atoms with Crippen LogP contribution >= 0.6 is 11.5 Å². The highest BCUT2D eigenvalue weighted by molar-refractivity contribution is 7.08. The van der Waals surface area contributed by atoms with E-state index in [1.165, 1.54) is 24.4 Å². The largest absolute Gasteiger partial charge is 0.377 e. The van der Waals surface area contributed by atoms with Crippen LogP contribution in [0.3, 0.4) is 0 Å². The summed E-state index contributed by atoms with van der Waals surface area (Å²) < 4.78 is 9.66. The summed E-state index contributed by atoms with van der Waals surface area (Å²) >= 11 is 1.22. The summed E-state index contributed by atoms with van der Waals surface area (Å²) in [5.41, 5.74) is 0.829. The van der Waals surface area contributed by atoms with Gasteiger partial charge in [0.25, 0.3) is 5.91 Å². The van der Waals surface area contributed by atoms with Crippen molar-refractivity contribution in [3.8, 4) is 0 Å². The van der Waals surface area contributed by atoms with Gasteiger partial charge < -0.3 is 9.64 Å². The first kappa shape index (κ1) is 15.8. The second-order valence-corrected chi connectivity index (χ2v) is 6.74. The van der Waals surface area contributed by atoms with Gasteiger partial charge in [-0.3, -0.25) is 9.69 Å². The summed E-state index contributed by atoms with van der Waals surface area (Å²) in [5.74, 6) is 0.103. The molecule has 0 spiro atoms. The van der Waals surface area contributed by atoms with Crippen LogP contribution in [-0.2, 0) is 11.2 Å². The standard InChI is InChI=1S/C15H24N4O2S/c1-2-13-14(22-17-16-13)15(20)19-7-4-6-18(8-9-19)11-12-5-3-10-21-12/h12H,2-11H2,1H3/t12-/m1/s1. The highest BCUT2D eigenvalue weighted by atomic mass is 32.1. The van der Waals surface area contributed by atoms with Crippen LogP contribution in [0.15, 0.2) is 0 Å². The van der Waals surface area contributed by atoms with E-state index in [0.29, 0.717) is 6.10 Å². The molecule has 1 aromatic heterocycles. The first-order chi connectivity index (χ1) is 10.8. The van der Waals surface area contributed by atoms with Crippen LogP contribution in [0.5, 0.6) is 0 Å². The van der Waals surface area contributed by atoms with Crippen LogP contribution in [0.4, 0.5) is 0 Å². The van der Waals surface area contributed by atoms with E-state index in [4.69, 9.17) is 4.74 Å². The van der Waals surface area contributed by atoms with Crippen molar-refractivity contribution in [3.05, 3.63) is 10.6 Å². The van der Waals surface area contributed by atoms with Crippen LogP contribution in [0.25, 0.3) is 0 Å². The van der Waals surface area contributed by atoms with Crippen molar-refractivity contribution in [2.45, 2.75) is 38.7 Å². The van der Waals surface area contributed by atoms with Crippen molar-refractivity contribution >= 4 is 17.4 Å². The van der Waals surface area contributed by atoms with Gasteiger partial charge >= 0.3 is 0 Å². The molecule has 6 nitrogen and oxygen atoms in total. The molecule has 1 amide bonds. The van der Waals surface area contributed by atoms with Crippen LogP contribution in [0, 0.1) is 0 Å². The Kier molecular flexibility index (Phi) is 5.38. The SMILES string of the molecule is CCc1nnsc1C(=O)N1CCCN(C[C@H]2CCCO2)CC1. The monoisotopic (exact) mass is 324 g/mol. The van der Waals surface area contributed by atoms with Crippen molar-refractivity contribution in [1.82, 2.24) is 19.4 Å². The smallest absolute Gasteiger partial charge is 0.267 e. The van der Waals surface area contributed by atoms with Gasteiger partial charge in [-0.1, -0.05) is 11.4 Å². The number of hydrogen-bond donors (Lipinski definition) is 0. The predicted molar refractivity (Wildman–Crippen MR) is 85.2 cm³/mol. The lowest BCUT2D eigenvalue weighted by Crippen LogP contribution is -2.37. The molecule has 0 unspecified atom stereocenters. The second kappa shape index (κ2) is 7.48. The Morgan fingerprint density at radius 1 is 1.32 bits per heavy atom. The Bertz CT molecular complexity index is 501. The van der Waals surface area contributed by atoms with Crippen molar-refractivity contribution in [1.29, 1.82) is 0 Å². The second-order valence-electron chi connectivity index (χ2n) is 5.98. The molecular formula is C15H24N4O2S. The summed E-state index contributed by atoms with van der Waals surface area (Å²) in [7, 11) is 0. The summed E-state index contributed by atoms with van der Waals surface area (Å²) in [6, 6.07) is 0. The molecule has 2 fully saturated rings. The van der Waals surface area contributed by atoms with E-state index in [9.17, 15) is 4.79 Å². The van der Waals surface area contributed by atoms with Gasteiger partial charge in [0.1, 0.15) is 4.88 Å². The number of nitrogens with zero attached hydrogens (tertiary/aromatic N) is 4. The Morgan fingerprint density at radius 3 is 3.00 bits per heavy atom. The molecule has 2 saturated heterocycles. The van der Waals surface area contributed by atoms with Crippen LogP contribution < -0.4 is 0 Å². The third kappa shape index (κ3) is 3.64. The number of carbonyl (C=O) groups is 1. The lowest BCUT2D eigenvalue weighted by molar-refractivity contribution is 0.0706. The van der Waals surface area contributed by atoms with E-state index in [1.54, 1.807) is 0 Å². The molecule has 3 rings (SSSR count). The highest BCUT2D eigenvalue weighted by Crippen LogP contribution is 2.17. The molecule has 2 aliphatic rings. The topological polar surface area (TPSA) is 58.6 Å². The van der Waals surface area contributed by atoms with Crippen molar-refractivity contribution in [2.24, 2.45) is 0 Å². The average molecular weight is 324 g/mol. The van der Waals surface area contributed by atoms with Gasteiger partial charge in [-0.2, -0.15) is 0 Å². The van der Waals surface area contributed by atoms with E-state index in [1.807, 2.05) is 11.8 Å². The van der Waals surface area contributed by atoms with Gasteiger partial charge in [0.15, 0.2) is 0 Å². The quantitative estimate of drug-likeness (QED) is 0.838. The lowest BCUT2D eigenvalue weighted by atomic mass is 10.2. The first-order valence-corrected chi connectivity index (χ1v) is 8.99. The lowest BCUT2D eigenvalue weighted by Gasteiger charge is -2.23. The van der Waals surface area contributed by atoms with E-state index in [-0.39, 0.29) is 5.91 Å². The van der Waals surface area contributed by atoms with Crippen molar-refractivity contribution < 1.29 is 9.53 Å². The third-order valence-corrected chi connectivity index (χ3v) is 5.20. The Balaban J connectivity index is 1.56. The zero-order valence-electron chi connectivity index (χ0n) is 13.2. The Labute approximate surface area is 135 Å². The van der Waals surface area contributed by atoms with Crippen LogP contribution in [0.2, 0.25) is 0 Å². The summed E-state index contributed by atoms with van der Waals surface area (Å²) in [6.45, 7) is 7.50. The fraction of sp³-hybridized carbons (Fsp3) is 0.800. The maximum Gasteiger partial charge on any atom is 0.267 e. The molecule has 0 aromatic carbocycles. The van der Waals surface area contributed by atoms with E-state index in [2.05, 4.69) is 14.5 Å². The maximum absolute atomic E-state index is 12.7. The molecule has 0 bridgehead atoms. The fourth-order valence-corrected chi connectivity index (χ4v) is 3.90. The molecule has 1 aromatic rings. The van der Waals surface area contributed by atoms with E-state index in [0.717, 1.165) is 62.7 Å². The molecule has 1 atom stereocenters. The van der Waals surface area contributed by atoms with Crippen LogP contribution in [0.1, 0.15) is 41.6 Å².